The monoisotopic (exact) mass is 297 g/mol. The summed E-state index contributed by atoms with van der Waals surface area (Å²) in [4.78, 5) is 26.5. The highest BCUT2D eigenvalue weighted by atomic mass is 32.2. The summed E-state index contributed by atoms with van der Waals surface area (Å²) in [5, 5.41) is 9.09. The molecule has 3 amide bonds. The Bertz CT molecular complexity index is 484. The van der Waals surface area contributed by atoms with Crippen LogP contribution in [0.1, 0.15) is 38.4 Å². The van der Waals surface area contributed by atoms with E-state index in [-0.39, 0.29) is 0 Å². The van der Waals surface area contributed by atoms with Gasteiger partial charge in [0.15, 0.2) is 0 Å². The first kappa shape index (κ1) is 14.8. The van der Waals surface area contributed by atoms with E-state index in [0.717, 1.165) is 12.2 Å². The van der Waals surface area contributed by atoms with Crippen LogP contribution in [0.4, 0.5) is 4.79 Å². The molecular formula is C12H19N5O2S. The third-order valence-corrected chi connectivity index (χ3v) is 4.33. The van der Waals surface area contributed by atoms with Crippen LogP contribution in [0.3, 0.4) is 0 Å². The van der Waals surface area contributed by atoms with E-state index in [9.17, 15) is 9.59 Å². The number of urea groups is 1. The van der Waals surface area contributed by atoms with Gasteiger partial charge < -0.3 is 5.73 Å². The van der Waals surface area contributed by atoms with E-state index in [1.54, 1.807) is 6.92 Å². The molecule has 1 heterocycles. The van der Waals surface area contributed by atoms with Gasteiger partial charge in [0, 0.05) is 6.42 Å². The summed E-state index contributed by atoms with van der Waals surface area (Å²) in [5.74, 6) is 1.11. The van der Waals surface area contributed by atoms with Gasteiger partial charge in [-0.1, -0.05) is 37.4 Å². The zero-order valence-electron chi connectivity index (χ0n) is 11.4. The van der Waals surface area contributed by atoms with Crippen LogP contribution in [0.25, 0.3) is 0 Å². The number of rotatable bonds is 5. The minimum absolute atomic E-state index is 0.440. The Labute approximate surface area is 121 Å². The van der Waals surface area contributed by atoms with Crippen LogP contribution >= 0.6 is 11.8 Å². The van der Waals surface area contributed by atoms with Crippen molar-refractivity contribution in [2.45, 2.75) is 49.4 Å². The SMILES string of the molecule is CC(Sc1n[nH]c(CC2CCCC2)n1)C(=O)NC(N)=O. The van der Waals surface area contributed by atoms with E-state index in [4.69, 9.17) is 5.73 Å². The number of hydrogen-bond acceptors (Lipinski definition) is 5. The quantitative estimate of drug-likeness (QED) is 0.707. The third kappa shape index (κ3) is 4.22. The van der Waals surface area contributed by atoms with E-state index in [1.807, 2.05) is 5.32 Å². The highest BCUT2D eigenvalue weighted by Gasteiger charge is 2.20. The Morgan fingerprint density at radius 1 is 1.50 bits per heavy atom. The number of nitrogens with one attached hydrogen (secondary N) is 2. The number of hydrogen-bond donors (Lipinski definition) is 3. The van der Waals surface area contributed by atoms with Crippen LogP contribution in [0.2, 0.25) is 0 Å². The third-order valence-electron chi connectivity index (χ3n) is 3.37. The molecule has 1 aromatic rings. The van der Waals surface area contributed by atoms with E-state index >= 15 is 0 Å². The lowest BCUT2D eigenvalue weighted by Crippen LogP contribution is -2.39. The predicted molar refractivity (Wildman–Crippen MR) is 75.1 cm³/mol. The molecule has 1 aliphatic carbocycles. The molecule has 1 aliphatic rings. The van der Waals surface area contributed by atoms with Gasteiger partial charge in [-0.15, -0.1) is 5.10 Å². The van der Waals surface area contributed by atoms with Gasteiger partial charge in [-0.05, 0) is 12.8 Å². The maximum Gasteiger partial charge on any atom is 0.318 e. The molecule has 0 aromatic carbocycles. The number of aromatic nitrogens is 3. The van der Waals surface area contributed by atoms with Crippen LogP contribution in [0.5, 0.6) is 0 Å². The van der Waals surface area contributed by atoms with E-state index in [0.29, 0.717) is 11.1 Å². The van der Waals surface area contributed by atoms with Crippen LogP contribution in [0.15, 0.2) is 5.16 Å². The van der Waals surface area contributed by atoms with Gasteiger partial charge in [-0.2, -0.15) is 0 Å². The molecule has 0 spiro atoms. The fraction of sp³-hybridized carbons (Fsp3) is 0.667. The van der Waals surface area contributed by atoms with Crippen molar-refractivity contribution in [3.63, 3.8) is 0 Å². The molecule has 7 nitrogen and oxygen atoms in total. The van der Waals surface area contributed by atoms with Crippen molar-refractivity contribution in [2.75, 3.05) is 0 Å². The smallest absolute Gasteiger partial charge is 0.318 e. The summed E-state index contributed by atoms with van der Waals surface area (Å²) >= 11 is 1.20. The van der Waals surface area contributed by atoms with E-state index in [1.165, 1.54) is 37.4 Å². The molecule has 0 radical (unpaired) electrons. The average molecular weight is 297 g/mol. The van der Waals surface area contributed by atoms with Crippen LogP contribution < -0.4 is 11.1 Å². The molecule has 110 valence electrons. The molecule has 1 unspecified atom stereocenters. The predicted octanol–water partition coefficient (Wildman–Crippen LogP) is 1.21. The van der Waals surface area contributed by atoms with Gasteiger partial charge in [0.1, 0.15) is 5.82 Å². The van der Waals surface area contributed by atoms with Crippen molar-refractivity contribution in [3.05, 3.63) is 5.82 Å². The highest BCUT2D eigenvalue weighted by molar-refractivity contribution is 8.00. The molecule has 1 aromatic heterocycles. The maximum absolute atomic E-state index is 11.5. The number of aromatic amines is 1. The number of nitrogens with zero attached hydrogens (tertiary/aromatic N) is 2. The second-order valence-electron chi connectivity index (χ2n) is 5.03. The lowest BCUT2D eigenvalue weighted by atomic mass is 10.0. The first-order valence-electron chi connectivity index (χ1n) is 6.73. The van der Waals surface area contributed by atoms with Crippen LogP contribution in [-0.2, 0) is 11.2 Å². The molecule has 0 saturated heterocycles. The first-order valence-corrected chi connectivity index (χ1v) is 7.61. The van der Waals surface area contributed by atoms with Crippen molar-refractivity contribution >= 4 is 23.7 Å². The van der Waals surface area contributed by atoms with Gasteiger partial charge in [-0.3, -0.25) is 15.2 Å². The molecular weight excluding hydrogens is 278 g/mol. The summed E-state index contributed by atoms with van der Waals surface area (Å²) in [6.45, 7) is 1.68. The van der Waals surface area contributed by atoms with Crippen molar-refractivity contribution in [1.82, 2.24) is 20.5 Å². The number of amides is 3. The van der Waals surface area contributed by atoms with Crippen molar-refractivity contribution in [1.29, 1.82) is 0 Å². The van der Waals surface area contributed by atoms with E-state index < -0.39 is 17.2 Å². The van der Waals surface area contributed by atoms with Crippen molar-refractivity contribution < 1.29 is 9.59 Å². The summed E-state index contributed by atoms with van der Waals surface area (Å²) in [7, 11) is 0. The lowest BCUT2D eigenvalue weighted by Gasteiger charge is -2.06. The Hall–Kier alpha value is -1.57. The molecule has 1 atom stereocenters. The standard InChI is InChI=1S/C12H19N5O2S/c1-7(10(18)15-11(13)19)20-12-14-9(16-17-12)6-8-4-2-3-5-8/h7-8H,2-6H2,1H3,(H,14,16,17)(H3,13,15,18,19). The number of primary amides is 1. The first-order chi connectivity index (χ1) is 9.54. The van der Waals surface area contributed by atoms with Crippen LogP contribution in [0, 0.1) is 5.92 Å². The van der Waals surface area contributed by atoms with Gasteiger partial charge in [0.25, 0.3) is 0 Å². The van der Waals surface area contributed by atoms with Crippen molar-refractivity contribution in [3.8, 4) is 0 Å². The average Bonchev–Trinajstić information content (AvgIpc) is 3.01. The second kappa shape index (κ2) is 6.74. The zero-order chi connectivity index (χ0) is 14.5. The molecule has 20 heavy (non-hydrogen) atoms. The van der Waals surface area contributed by atoms with Gasteiger partial charge in [0.05, 0.1) is 5.25 Å². The van der Waals surface area contributed by atoms with Gasteiger partial charge in [0.2, 0.25) is 11.1 Å². The molecule has 8 heteroatoms. The molecule has 2 rings (SSSR count). The van der Waals surface area contributed by atoms with Crippen LogP contribution in [-0.4, -0.2) is 32.4 Å². The summed E-state index contributed by atoms with van der Waals surface area (Å²) < 4.78 is 0. The molecule has 0 aliphatic heterocycles. The Morgan fingerprint density at radius 2 is 2.20 bits per heavy atom. The number of nitrogens with two attached hydrogens (primary N) is 1. The zero-order valence-corrected chi connectivity index (χ0v) is 12.2. The molecule has 1 saturated carbocycles. The second-order valence-corrected chi connectivity index (χ2v) is 6.34. The van der Waals surface area contributed by atoms with Crippen molar-refractivity contribution in [2.24, 2.45) is 11.7 Å². The fourth-order valence-electron chi connectivity index (χ4n) is 2.34. The molecule has 4 N–H and O–H groups in total. The number of carbonyl (C=O) groups excluding carboxylic acids is 2. The minimum Gasteiger partial charge on any atom is -0.351 e. The topological polar surface area (TPSA) is 114 Å². The normalized spacial score (nSPS) is 17.1. The number of H-pyrrole nitrogens is 1. The fourth-order valence-corrected chi connectivity index (χ4v) is 3.09. The summed E-state index contributed by atoms with van der Waals surface area (Å²) in [6.07, 6.45) is 6.01. The number of carbonyl (C=O) groups is 2. The summed E-state index contributed by atoms with van der Waals surface area (Å²) in [6, 6.07) is -0.848. The number of imide groups is 1. The molecule has 1 fully saturated rings. The molecule has 0 bridgehead atoms. The number of thioether (sulfide) groups is 1. The van der Waals surface area contributed by atoms with Gasteiger partial charge >= 0.3 is 6.03 Å². The highest BCUT2D eigenvalue weighted by Crippen LogP contribution is 2.27. The van der Waals surface area contributed by atoms with Gasteiger partial charge in [-0.25, -0.2) is 9.78 Å². The summed E-state index contributed by atoms with van der Waals surface area (Å²) in [5.41, 5.74) is 4.90. The van der Waals surface area contributed by atoms with E-state index in [2.05, 4.69) is 15.2 Å². The Morgan fingerprint density at radius 3 is 2.85 bits per heavy atom. The lowest BCUT2D eigenvalue weighted by molar-refractivity contribution is -0.119. The maximum atomic E-state index is 11.5. The Balaban J connectivity index is 1.85. The minimum atomic E-state index is -0.848. The Kier molecular flexibility index (Phi) is 4.99. The largest absolute Gasteiger partial charge is 0.351 e.